The zero-order valence-corrected chi connectivity index (χ0v) is 18.2. The lowest BCUT2D eigenvalue weighted by Gasteiger charge is -2.38. The number of amides is 1. The number of carbonyl (C=O) groups excluding carboxylic acids is 1. The van der Waals surface area contributed by atoms with E-state index in [9.17, 15) is 19.1 Å². The van der Waals surface area contributed by atoms with Crippen molar-refractivity contribution in [3.05, 3.63) is 59.0 Å². The predicted molar refractivity (Wildman–Crippen MR) is 120 cm³/mol. The second-order valence-corrected chi connectivity index (χ2v) is 8.77. The molecule has 0 saturated carbocycles. The number of hydrogen-bond donors (Lipinski definition) is 2. The number of nitrogens with zero attached hydrogens (tertiary/aromatic N) is 2. The molecule has 1 amide bonds. The minimum absolute atomic E-state index is 0.0215. The number of halogens is 1. The van der Waals surface area contributed by atoms with Crippen LogP contribution in [0.25, 0.3) is 0 Å². The number of aromatic nitrogens is 1. The molecule has 2 atom stereocenters. The Hall–Kier alpha value is -2.96. The second-order valence-electron chi connectivity index (χ2n) is 8.77. The topological polar surface area (TPSA) is 82.5 Å². The predicted octanol–water partition coefficient (Wildman–Crippen LogP) is 4.36. The van der Waals surface area contributed by atoms with Crippen molar-refractivity contribution in [3.63, 3.8) is 0 Å². The van der Waals surface area contributed by atoms with Gasteiger partial charge in [0, 0.05) is 24.7 Å². The zero-order valence-electron chi connectivity index (χ0n) is 18.2. The molecule has 170 valence electrons. The van der Waals surface area contributed by atoms with E-state index in [-0.39, 0.29) is 18.2 Å². The number of carboxylic acid groups (broad SMARTS) is 1. The molecule has 1 unspecified atom stereocenters. The lowest BCUT2D eigenvalue weighted by molar-refractivity contribution is -0.145. The van der Waals surface area contributed by atoms with Crippen molar-refractivity contribution in [1.29, 1.82) is 0 Å². The average Bonchev–Trinajstić information content (AvgIpc) is 2.78. The van der Waals surface area contributed by atoms with E-state index < -0.39 is 17.8 Å². The molecule has 0 aliphatic carbocycles. The van der Waals surface area contributed by atoms with Gasteiger partial charge in [0.05, 0.1) is 12.5 Å². The Morgan fingerprint density at radius 1 is 1.28 bits per heavy atom. The molecule has 0 spiro atoms. The molecule has 1 fully saturated rings. The van der Waals surface area contributed by atoms with Gasteiger partial charge in [0.15, 0.2) is 0 Å². The third kappa shape index (κ3) is 5.26. The summed E-state index contributed by atoms with van der Waals surface area (Å²) in [5, 5.41) is 12.8. The van der Waals surface area contributed by atoms with Gasteiger partial charge in [0.2, 0.25) is 5.91 Å². The molecule has 3 heterocycles. The number of fused-ring (bicyclic) bond motifs is 1. The van der Waals surface area contributed by atoms with Crippen molar-refractivity contribution in [2.75, 3.05) is 18.4 Å². The number of aliphatic carboxylic acids is 1. The van der Waals surface area contributed by atoms with E-state index in [2.05, 4.69) is 17.4 Å². The molecule has 1 saturated heterocycles. The normalized spacial score (nSPS) is 19.2. The maximum Gasteiger partial charge on any atom is 0.305 e. The molecule has 0 bridgehead atoms. The summed E-state index contributed by atoms with van der Waals surface area (Å²) in [6.45, 7) is 1.46. The largest absolute Gasteiger partial charge is 0.481 e. The summed E-state index contributed by atoms with van der Waals surface area (Å²) in [5.41, 5.74) is 2.83. The Bertz CT molecular complexity index is 981. The van der Waals surface area contributed by atoms with Gasteiger partial charge in [-0.15, -0.1) is 0 Å². The van der Waals surface area contributed by atoms with Gasteiger partial charge < -0.3 is 15.3 Å². The molecule has 2 N–H and O–H groups in total. The van der Waals surface area contributed by atoms with Crippen molar-refractivity contribution in [3.8, 4) is 0 Å². The monoisotopic (exact) mass is 439 g/mol. The minimum Gasteiger partial charge on any atom is -0.481 e. The summed E-state index contributed by atoms with van der Waals surface area (Å²) in [6.07, 6.45) is 5.98. The van der Waals surface area contributed by atoms with Crippen LogP contribution < -0.4 is 5.32 Å². The van der Waals surface area contributed by atoms with Gasteiger partial charge in [0.25, 0.3) is 0 Å². The van der Waals surface area contributed by atoms with Crippen LogP contribution in [-0.4, -0.2) is 40.0 Å². The second kappa shape index (κ2) is 10.1. The SMILES string of the molecule is O=C(O)C[C@H](c1cccc(F)c1)N1CCCC(CCCc2ccc3c(n2)NCCC3)C1=O. The van der Waals surface area contributed by atoms with E-state index in [0.29, 0.717) is 12.1 Å². The van der Waals surface area contributed by atoms with Crippen LogP contribution in [0, 0.1) is 11.7 Å². The third-order valence-corrected chi connectivity index (χ3v) is 6.50. The molecule has 7 heteroatoms. The van der Waals surface area contributed by atoms with Gasteiger partial charge in [-0.2, -0.15) is 0 Å². The fraction of sp³-hybridized carbons (Fsp3) is 0.480. The van der Waals surface area contributed by atoms with Crippen molar-refractivity contribution in [2.45, 2.75) is 57.4 Å². The highest BCUT2D eigenvalue weighted by molar-refractivity contribution is 5.81. The number of nitrogens with one attached hydrogen (secondary N) is 1. The highest BCUT2D eigenvalue weighted by Crippen LogP contribution is 2.33. The lowest BCUT2D eigenvalue weighted by Crippen LogP contribution is -2.44. The molecule has 2 aliphatic heterocycles. The standard InChI is InChI=1S/C25H30FN3O3/c26-20-9-1-6-19(15-20)22(16-23(30)31)29-14-4-8-18(25(29)32)5-2-10-21-12-11-17-7-3-13-27-24(17)28-21/h1,6,9,11-12,15,18,22H,2-5,7-8,10,13-14,16H2,(H,27,28)(H,30,31)/t18?,22-/m1/s1. The summed E-state index contributed by atoms with van der Waals surface area (Å²) < 4.78 is 13.8. The molecular formula is C25H30FN3O3. The van der Waals surface area contributed by atoms with Crippen LogP contribution in [0.5, 0.6) is 0 Å². The summed E-state index contributed by atoms with van der Waals surface area (Å²) in [4.78, 5) is 31.1. The Labute approximate surface area is 187 Å². The number of rotatable bonds is 8. The van der Waals surface area contributed by atoms with Crippen molar-refractivity contribution < 1.29 is 19.1 Å². The van der Waals surface area contributed by atoms with Crippen LogP contribution in [0.3, 0.4) is 0 Å². The van der Waals surface area contributed by atoms with Crippen LogP contribution in [0.1, 0.15) is 61.4 Å². The first-order chi connectivity index (χ1) is 15.5. The van der Waals surface area contributed by atoms with Gasteiger partial charge >= 0.3 is 5.97 Å². The van der Waals surface area contributed by atoms with Crippen molar-refractivity contribution >= 4 is 17.7 Å². The Morgan fingerprint density at radius 2 is 2.16 bits per heavy atom. The number of carboxylic acids is 1. The summed E-state index contributed by atoms with van der Waals surface area (Å²) in [5.74, 6) is -0.594. The van der Waals surface area contributed by atoms with E-state index in [4.69, 9.17) is 4.98 Å². The maximum atomic E-state index is 13.8. The summed E-state index contributed by atoms with van der Waals surface area (Å²) in [7, 11) is 0. The Morgan fingerprint density at radius 3 is 2.97 bits per heavy atom. The fourth-order valence-electron chi connectivity index (χ4n) is 4.88. The highest BCUT2D eigenvalue weighted by Gasteiger charge is 2.34. The Balaban J connectivity index is 1.40. The summed E-state index contributed by atoms with van der Waals surface area (Å²) in [6, 6.07) is 9.49. The first-order valence-corrected chi connectivity index (χ1v) is 11.5. The number of pyridine rings is 1. The van der Waals surface area contributed by atoms with E-state index >= 15 is 0 Å². The molecule has 2 aliphatic rings. The first-order valence-electron chi connectivity index (χ1n) is 11.5. The number of piperidine rings is 1. The van der Waals surface area contributed by atoms with Crippen LogP contribution in [-0.2, 0) is 22.4 Å². The summed E-state index contributed by atoms with van der Waals surface area (Å²) >= 11 is 0. The van der Waals surface area contributed by atoms with Crippen LogP contribution in [0.4, 0.5) is 10.2 Å². The molecule has 2 aromatic rings. The molecular weight excluding hydrogens is 409 g/mol. The van der Waals surface area contributed by atoms with Gasteiger partial charge in [-0.25, -0.2) is 9.37 Å². The Kier molecular flexibility index (Phi) is 7.02. The third-order valence-electron chi connectivity index (χ3n) is 6.50. The number of anilines is 1. The van der Waals surface area contributed by atoms with Gasteiger partial charge in [-0.3, -0.25) is 9.59 Å². The van der Waals surface area contributed by atoms with E-state index in [1.807, 2.05) is 0 Å². The van der Waals surface area contributed by atoms with Gasteiger partial charge in [0.1, 0.15) is 11.6 Å². The maximum absolute atomic E-state index is 13.8. The molecule has 6 nitrogen and oxygen atoms in total. The number of likely N-dealkylation sites (tertiary alicyclic amines) is 1. The van der Waals surface area contributed by atoms with Gasteiger partial charge in [-0.05, 0) is 74.3 Å². The molecule has 32 heavy (non-hydrogen) atoms. The van der Waals surface area contributed by atoms with Gasteiger partial charge in [-0.1, -0.05) is 18.2 Å². The van der Waals surface area contributed by atoms with Crippen molar-refractivity contribution in [2.24, 2.45) is 5.92 Å². The smallest absolute Gasteiger partial charge is 0.305 e. The number of aryl methyl sites for hydroxylation is 2. The van der Waals surface area contributed by atoms with E-state index in [0.717, 1.165) is 63.0 Å². The van der Waals surface area contributed by atoms with Crippen molar-refractivity contribution in [1.82, 2.24) is 9.88 Å². The first kappa shape index (κ1) is 22.2. The minimum atomic E-state index is -0.999. The average molecular weight is 440 g/mol. The van der Waals surface area contributed by atoms with Crippen LogP contribution in [0.2, 0.25) is 0 Å². The molecule has 1 aromatic carbocycles. The number of carbonyl (C=O) groups is 2. The van der Waals surface area contributed by atoms with Crippen LogP contribution >= 0.6 is 0 Å². The highest BCUT2D eigenvalue weighted by atomic mass is 19.1. The number of hydrogen-bond acceptors (Lipinski definition) is 4. The fourth-order valence-corrected chi connectivity index (χ4v) is 4.88. The molecule has 0 radical (unpaired) electrons. The van der Waals surface area contributed by atoms with Crippen LogP contribution in [0.15, 0.2) is 36.4 Å². The number of benzene rings is 1. The quantitative estimate of drug-likeness (QED) is 0.639. The lowest BCUT2D eigenvalue weighted by atomic mass is 9.89. The molecule has 4 rings (SSSR count). The molecule has 1 aromatic heterocycles. The van der Waals surface area contributed by atoms with E-state index in [1.165, 1.54) is 17.7 Å². The zero-order chi connectivity index (χ0) is 22.5. The van der Waals surface area contributed by atoms with E-state index in [1.54, 1.807) is 17.0 Å².